The molecular weight excluding hydrogens is 256 g/mol. The van der Waals surface area contributed by atoms with Gasteiger partial charge in [-0.25, -0.2) is 4.98 Å². The third-order valence-corrected chi connectivity index (χ3v) is 2.94. The van der Waals surface area contributed by atoms with Crippen LogP contribution in [0.2, 0.25) is 0 Å². The summed E-state index contributed by atoms with van der Waals surface area (Å²) in [5, 5.41) is 3.22. The van der Waals surface area contributed by atoms with Gasteiger partial charge in [0.1, 0.15) is 11.3 Å². The monoisotopic (exact) mass is 270 g/mol. The highest BCUT2D eigenvalue weighted by Crippen LogP contribution is 2.21. The highest BCUT2D eigenvalue weighted by molar-refractivity contribution is 5.83. The number of aromatic nitrogens is 4. The standard InChI is InChI=1S/C13H14N6O/c1-20-9-5-3-2-4-8(9)6-15-11-10-12(17-7-16-10)19-13(14)18-11/h2-5,7H,6H2,1H3,(H4,14,15,16,17,18,19). The van der Waals surface area contributed by atoms with E-state index in [1.165, 1.54) is 0 Å². The summed E-state index contributed by atoms with van der Waals surface area (Å²) in [5.74, 6) is 1.63. The zero-order valence-electron chi connectivity index (χ0n) is 10.9. The number of para-hydroxylation sites is 1. The normalized spacial score (nSPS) is 10.7. The fourth-order valence-corrected chi connectivity index (χ4v) is 2.01. The van der Waals surface area contributed by atoms with Gasteiger partial charge in [0.2, 0.25) is 5.95 Å². The molecule has 7 nitrogen and oxygen atoms in total. The van der Waals surface area contributed by atoms with Crippen molar-refractivity contribution in [3.63, 3.8) is 0 Å². The molecule has 0 atom stereocenters. The number of hydrogen-bond donors (Lipinski definition) is 3. The Morgan fingerprint density at radius 1 is 1.30 bits per heavy atom. The minimum atomic E-state index is 0.187. The van der Waals surface area contributed by atoms with Crippen molar-refractivity contribution in [1.29, 1.82) is 0 Å². The minimum absolute atomic E-state index is 0.187. The Balaban J connectivity index is 1.88. The molecule has 0 aliphatic rings. The SMILES string of the molecule is COc1ccccc1CNc1nc(N)nc2nc[nH]c12. The predicted molar refractivity (Wildman–Crippen MR) is 76.4 cm³/mol. The summed E-state index contributed by atoms with van der Waals surface area (Å²) in [7, 11) is 1.65. The molecule has 1 aromatic carbocycles. The molecule has 3 rings (SSSR count). The number of ether oxygens (including phenoxy) is 1. The molecule has 0 bridgehead atoms. The van der Waals surface area contributed by atoms with Gasteiger partial charge in [-0.3, -0.25) is 0 Å². The van der Waals surface area contributed by atoms with Crippen molar-refractivity contribution in [2.75, 3.05) is 18.2 Å². The maximum Gasteiger partial charge on any atom is 0.224 e. The molecule has 20 heavy (non-hydrogen) atoms. The number of imidazole rings is 1. The van der Waals surface area contributed by atoms with E-state index < -0.39 is 0 Å². The molecule has 0 fully saturated rings. The molecule has 0 aliphatic heterocycles. The van der Waals surface area contributed by atoms with E-state index in [0.717, 1.165) is 16.8 Å². The van der Waals surface area contributed by atoms with E-state index in [0.29, 0.717) is 18.0 Å². The van der Waals surface area contributed by atoms with Crippen molar-refractivity contribution < 1.29 is 4.74 Å². The van der Waals surface area contributed by atoms with Gasteiger partial charge in [0.05, 0.1) is 13.4 Å². The minimum Gasteiger partial charge on any atom is -0.496 e. The van der Waals surface area contributed by atoms with Crippen LogP contribution in [0.5, 0.6) is 5.75 Å². The third kappa shape index (κ3) is 2.20. The molecule has 2 aromatic heterocycles. The van der Waals surface area contributed by atoms with Gasteiger partial charge in [0.25, 0.3) is 0 Å². The number of methoxy groups -OCH3 is 1. The third-order valence-electron chi connectivity index (χ3n) is 2.94. The first-order valence-electron chi connectivity index (χ1n) is 6.10. The average Bonchev–Trinajstić information content (AvgIpc) is 2.93. The van der Waals surface area contributed by atoms with Crippen molar-refractivity contribution in [3.8, 4) is 5.75 Å². The number of nitrogens with two attached hydrogens (primary N) is 1. The van der Waals surface area contributed by atoms with E-state index >= 15 is 0 Å². The fraction of sp³-hybridized carbons (Fsp3) is 0.154. The Bertz CT molecular complexity index is 739. The molecule has 0 radical (unpaired) electrons. The van der Waals surface area contributed by atoms with Crippen molar-refractivity contribution >= 4 is 22.9 Å². The van der Waals surface area contributed by atoms with Crippen LogP contribution in [0.1, 0.15) is 5.56 Å². The summed E-state index contributed by atoms with van der Waals surface area (Å²) in [4.78, 5) is 15.3. The lowest BCUT2D eigenvalue weighted by Gasteiger charge is -2.10. The fourth-order valence-electron chi connectivity index (χ4n) is 2.01. The largest absolute Gasteiger partial charge is 0.496 e. The lowest BCUT2D eigenvalue weighted by molar-refractivity contribution is 0.410. The maximum absolute atomic E-state index is 5.67. The van der Waals surface area contributed by atoms with Crippen LogP contribution in [0, 0.1) is 0 Å². The van der Waals surface area contributed by atoms with E-state index in [1.54, 1.807) is 13.4 Å². The van der Waals surface area contributed by atoms with E-state index in [9.17, 15) is 0 Å². The van der Waals surface area contributed by atoms with Crippen molar-refractivity contribution in [2.24, 2.45) is 0 Å². The lowest BCUT2D eigenvalue weighted by Crippen LogP contribution is -2.06. The number of anilines is 2. The van der Waals surface area contributed by atoms with Crippen LogP contribution in [-0.4, -0.2) is 27.0 Å². The smallest absolute Gasteiger partial charge is 0.224 e. The summed E-state index contributed by atoms with van der Waals surface area (Å²) in [6.07, 6.45) is 1.56. The molecule has 0 amide bonds. The molecule has 0 saturated carbocycles. The molecule has 4 N–H and O–H groups in total. The first kappa shape index (κ1) is 12.2. The maximum atomic E-state index is 5.67. The number of nitrogen functional groups attached to an aromatic ring is 1. The molecule has 102 valence electrons. The summed E-state index contributed by atoms with van der Waals surface area (Å²) in [5.41, 5.74) is 7.97. The molecule has 0 unspecified atom stereocenters. The highest BCUT2D eigenvalue weighted by Gasteiger charge is 2.09. The van der Waals surface area contributed by atoms with Crippen molar-refractivity contribution in [3.05, 3.63) is 36.2 Å². The molecule has 0 aliphatic carbocycles. The van der Waals surface area contributed by atoms with Crippen LogP contribution in [0.15, 0.2) is 30.6 Å². The molecule has 2 heterocycles. The number of rotatable bonds is 4. The summed E-state index contributed by atoms with van der Waals surface area (Å²) in [6, 6.07) is 7.79. The van der Waals surface area contributed by atoms with E-state index in [-0.39, 0.29) is 5.95 Å². The molecular formula is C13H14N6O. The number of benzene rings is 1. The van der Waals surface area contributed by atoms with Gasteiger partial charge >= 0.3 is 0 Å². The van der Waals surface area contributed by atoms with Crippen LogP contribution < -0.4 is 15.8 Å². The van der Waals surface area contributed by atoms with Crippen LogP contribution >= 0.6 is 0 Å². The quantitative estimate of drug-likeness (QED) is 0.665. The summed E-state index contributed by atoms with van der Waals surface area (Å²) >= 11 is 0. The highest BCUT2D eigenvalue weighted by atomic mass is 16.5. The zero-order chi connectivity index (χ0) is 13.9. The second-order valence-corrected chi connectivity index (χ2v) is 4.20. The van der Waals surface area contributed by atoms with Crippen LogP contribution in [0.3, 0.4) is 0 Å². The van der Waals surface area contributed by atoms with Crippen molar-refractivity contribution in [1.82, 2.24) is 19.9 Å². The Kier molecular flexibility index (Phi) is 3.08. The Morgan fingerprint density at radius 2 is 2.15 bits per heavy atom. The molecule has 3 aromatic rings. The zero-order valence-corrected chi connectivity index (χ0v) is 10.9. The lowest BCUT2D eigenvalue weighted by atomic mass is 10.2. The van der Waals surface area contributed by atoms with E-state index in [1.807, 2.05) is 24.3 Å². The number of nitrogens with zero attached hydrogens (tertiary/aromatic N) is 3. The average molecular weight is 270 g/mol. The van der Waals surface area contributed by atoms with Crippen LogP contribution in [0.4, 0.5) is 11.8 Å². The van der Waals surface area contributed by atoms with Gasteiger partial charge in [-0.2, -0.15) is 9.97 Å². The van der Waals surface area contributed by atoms with Gasteiger partial charge in [0.15, 0.2) is 11.5 Å². The number of nitrogens with one attached hydrogen (secondary N) is 2. The molecule has 0 spiro atoms. The Morgan fingerprint density at radius 3 is 3.00 bits per heavy atom. The van der Waals surface area contributed by atoms with Crippen LogP contribution in [-0.2, 0) is 6.54 Å². The summed E-state index contributed by atoms with van der Waals surface area (Å²) in [6.45, 7) is 0.564. The van der Waals surface area contributed by atoms with E-state index in [4.69, 9.17) is 10.5 Å². The van der Waals surface area contributed by atoms with Gasteiger partial charge in [-0.05, 0) is 6.07 Å². The second-order valence-electron chi connectivity index (χ2n) is 4.20. The number of H-pyrrole nitrogens is 1. The topological polar surface area (TPSA) is 102 Å². The summed E-state index contributed by atoms with van der Waals surface area (Å²) < 4.78 is 5.31. The first-order chi connectivity index (χ1) is 9.78. The first-order valence-corrected chi connectivity index (χ1v) is 6.10. The van der Waals surface area contributed by atoms with E-state index in [2.05, 4.69) is 25.3 Å². The number of fused-ring (bicyclic) bond motifs is 1. The van der Waals surface area contributed by atoms with Gasteiger partial charge in [-0.1, -0.05) is 18.2 Å². The van der Waals surface area contributed by atoms with Gasteiger partial charge in [0, 0.05) is 12.1 Å². The number of hydrogen-bond acceptors (Lipinski definition) is 6. The predicted octanol–water partition coefficient (Wildman–Crippen LogP) is 1.56. The van der Waals surface area contributed by atoms with Crippen molar-refractivity contribution in [2.45, 2.75) is 6.54 Å². The van der Waals surface area contributed by atoms with Gasteiger partial charge in [-0.15, -0.1) is 0 Å². The van der Waals surface area contributed by atoms with Crippen LogP contribution in [0.25, 0.3) is 11.2 Å². The second kappa shape index (κ2) is 5.04. The molecule has 7 heteroatoms. The Hall–Kier alpha value is -2.83. The molecule has 0 saturated heterocycles. The number of aromatic amines is 1. The van der Waals surface area contributed by atoms with Gasteiger partial charge < -0.3 is 20.8 Å². The Labute approximate surface area is 115 Å².